The van der Waals surface area contributed by atoms with Crippen LogP contribution < -0.4 is 20.1 Å². The normalized spacial score (nSPS) is 11.0. The molecule has 20 heteroatoms. The first kappa shape index (κ1) is 38.7. The van der Waals surface area contributed by atoms with Gasteiger partial charge in [-0.15, -0.1) is 22.7 Å². The van der Waals surface area contributed by atoms with Gasteiger partial charge in [0.25, 0.3) is 31.9 Å². The molecule has 0 saturated carbocycles. The van der Waals surface area contributed by atoms with Crippen molar-refractivity contribution >= 4 is 88.1 Å². The summed E-state index contributed by atoms with van der Waals surface area (Å²) in [7, 11) is -7.58. The van der Waals surface area contributed by atoms with Crippen LogP contribution in [0.3, 0.4) is 0 Å². The lowest BCUT2D eigenvalue weighted by Crippen LogP contribution is -2.16. The van der Waals surface area contributed by atoms with Gasteiger partial charge in [0.1, 0.15) is 0 Å². The second kappa shape index (κ2) is 16.9. The van der Waals surface area contributed by atoms with Crippen LogP contribution in [-0.4, -0.2) is 60.8 Å². The van der Waals surface area contributed by atoms with Crippen molar-refractivity contribution in [2.75, 3.05) is 20.1 Å². The smallest absolute Gasteiger partial charge is 0.336 e. The van der Waals surface area contributed by atoms with E-state index in [0.717, 1.165) is 22.7 Å². The summed E-state index contributed by atoms with van der Waals surface area (Å²) < 4.78 is 53.8. The molecule has 0 spiro atoms. The molecule has 2 heterocycles. The van der Waals surface area contributed by atoms with E-state index in [9.17, 15) is 36.0 Å². The summed E-state index contributed by atoms with van der Waals surface area (Å²) in [6.45, 7) is 0. The molecule has 6 rings (SSSR count). The third kappa shape index (κ3) is 9.89. The van der Waals surface area contributed by atoms with E-state index in [-0.39, 0.29) is 42.3 Å². The number of benzene rings is 4. The Kier molecular flexibility index (Phi) is 12.1. The molecule has 4 aromatic carbocycles. The third-order valence-electron chi connectivity index (χ3n) is 6.96. The number of thiazole rings is 2. The predicted molar refractivity (Wildman–Crippen MR) is 201 cm³/mol. The van der Waals surface area contributed by atoms with Crippen LogP contribution in [-0.2, 0) is 20.0 Å². The Labute approximate surface area is 315 Å². The van der Waals surface area contributed by atoms with Gasteiger partial charge in [-0.3, -0.25) is 19.0 Å². The first-order valence-corrected chi connectivity index (χ1v) is 19.8. The molecule has 54 heavy (non-hydrogen) atoms. The summed E-state index contributed by atoms with van der Waals surface area (Å²) >= 11 is 2.30. The quantitative estimate of drug-likeness (QED) is 0.0860. The minimum absolute atomic E-state index is 0.00151. The Morgan fingerprint density at radius 2 is 0.833 bits per heavy atom. The number of sulfonamides is 2. The molecule has 16 nitrogen and oxygen atoms in total. The minimum Gasteiger partial charge on any atom is -0.478 e. The fourth-order valence-corrected chi connectivity index (χ4v) is 8.04. The number of hydrogen-bond donors (Lipinski definition) is 6. The molecule has 0 aliphatic rings. The van der Waals surface area contributed by atoms with Crippen LogP contribution in [0.5, 0.6) is 0 Å². The van der Waals surface area contributed by atoms with Crippen molar-refractivity contribution in [3.63, 3.8) is 0 Å². The van der Waals surface area contributed by atoms with E-state index in [1.807, 2.05) is 0 Å². The van der Waals surface area contributed by atoms with Crippen molar-refractivity contribution < 1.29 is 46.2 Å². The lowest BCUT2D eigenvalue weighted by atomic mass is 10.1. The molecular formula is C34H26N6O10S4. The van der Waals surface area contributed by atoms with Crippen LogP contribution in [0.25, 0.3) is 0 Å². The largest absolute Gasteiger partial charge is 0.478 e. The number of carboxylic acid groups (broad SMARTS) is 2. The van der Waals surface area contributed by atoms with Gasteiger partial charge in [0, 0.05) is 34.5 Å². The van der Waals surface area contributed by atoms with Crippen LogP contribution in [0.2, 0.25) is 0 Å². The van der Waals surface area contributed by atoms with E-state index >= 15 is 0 Å². The molecule has 0 unspecified atom stereocenters. The number of carboxylic acids is 2. The monoisotopic (exact) mass is 806 g/mol. The number of amides is 2. The first-order chi connectivity index (χ1) is 25.7. The highest BCUT2D eigenvalue weighted by Gasteiger charge is 2.20. The Morgan fingerprint density at radius 3 is 1.13 bits per heavy atom. The van der Waals surface area contributed by atoms with Crippen LogP contribution >= 0.6 is 22.7 Å². The van der Waals surface area contributed by atoms with Crippen LogP contribution in [0.4, 0.5) is 21.6 Å². The van der Waals surface area contributed by atoms with Gasteiger partial charge in [-0.05, 0) is 72.8 Å². The van der Waals surface area contributed by atoms with E-state index in [4.69, 9.17) is 10.2 Å². The Balaban J connectivity index is 0.000000208. The molecule has 276 valence electrons. The van der Waals surface area contributed by atoms with Crippen molar-refractivity contribution in [2.45, 2.75) is 9.79 Å². The second-order valence-corrected chi connectivity index (χ2v) is 15.7. The lowest BCUT2D eigenvalue weighted by Gasteiger charge is -2.09. The number of carbonyl (C=O) groups excluding carboxylic acids is 2. The lowest BCUT2D eigenvalue weighted by molar-refractivity contribution is 0.0683. The highest BCUT2D eigenvalue weighted by molar-refractivity contribution is 7.93. The van der Waals surface area contributed by atoms with Crippen LogP contribution in [0, 0.1) is 0 Å². The number of hydrogen-bond acceptors (Lipinski definition) is 12. The highest BCUT2D eigenvalue weighted by Crippen LogP contribution is 2.22. The van der Waals surface area contributed by atoms with Gasteiger partial charge in [-0.2, -0.15) is 0 Å². The zero-order valence-corrected chi connectivity index (χ0v) is 30.5. The van der Waals surface area contributed by atoms with Gasteiger partial charge >= 0.3 is 11.9 Å². The van der Waals surface area contributed by atoms with Gasteiger partial charge in [-0.1, -0.05) is 24.3 Å². The highest BCUT2D eigenvalue weighted by atomic mass is 32.2. The van der Waals surface area contributed by atoms with Crippen molar-refractivity contribution in [1.82, 2.24) is 9.97 Å². The average molecular weight is 807 g/mol. The van der Waals surface area contributed by atoms with Gasteiger partial charge in [-0.25, -0.2) is 36.4 Å². The predicted octanol–water partition coefficient (Wildman–Crippen LogP) is 5.79. The maximum atomic E-state index is 12.3. The van der Waals surface area contributed by atoms with Gasteiger partial charge in [0.15, 0.2) is 10.3 Å². The van der Waals surface area contributed by atoms with E-state index < -0.39 is 43.8 Å². The zero-order valence-electron chi connectivity index (χ0n) is 27.2. The van der Waals surface area contributed by atoms with Crippen molar-refractivity contribution in [1.29, 1.82) is 0 Å². The summed E-state index contributed by atoms with van der Waals surface area (Å²) in [5, 5.41) is 27.2. The molecule has 6 N–H and O–H groups in total. The average Bonchev–Trinajstić information content (AvgIpc) is 3.86. The summed E-state index contributed by atoms with van der Waals surface area (Å²) in [5.74, 6) is -3.64. The van der Waals surface area contributed by atoms with Crippen molar-refractivity contribution in [3.05, 3.63) is 142 Å². The van der Waals surface area contributed by atoms with E-state index in [2.05, 4.69) is 30.0 Å². The fourth-order valence-electron chi connectivity index (χ4n) is 4.46. The Morgan fingerprint density at radius 1 is 0.500 bits per heavy atom. The number of aromatic carboxylic acids is 2. The fraction of sp³-hybridized carbons (Fsp3) is 0. The van der Waals surface area contributed by atoms with Crippen molar-refractivity contribution in [2.24, 2.45) is 0 Å². The third-order valence-corrected chi connectivity index (χ3v) is 11.3. The van der Waals surface area contributed by atoms with Crippen LogP contribution in [0.15, 0.2) is 130 Å². The molecule has 2 aromatic heterocycles. The van der Waals surface area contributed by atoms with E-state index in [0.29, 0.717) is 11.4 Å². The zero-order chi connectivity index (χ0) is 38.9. The molecule has 0 radical (unpaired) electrons. The molecule has 0 aliphatic carbocycles. The number of carbonyl (C=O) groups is 4. The molecule has 0 aliphatic heterocycles. The topological polar surface area (TPSA) is 251 Å². The van der Waals surface area contributed by atoms with Gasteiger partial charge in [0.05, 0.1) is 32.0 Å². The van der Waals surface area contributed by atoms with Gasteiger partial charge in [0.2, 0.25) is 0 Å². The maximum Gasteiger partial charge on any atom is 0.336 e. The molecule has 2 amide bonds. The maximum absolute atomic E-state index is 12.3. The van der Waals surface area contributed by atoms with E-state index in [1.54, 1.807) is 22.9 Å². The second-order valence-electron chi connectivity index (χ2n) is 10.5. The van der Waals surface area contributed by atoms with Crippen LogP contribution in [0.1, 0.15) is 41.4 Å². The summed E-state index contributed by atoms with van der Waals surface area (Å²) in [4.78, 5) is 54.8. The molecule has 6 aromatic rings. The van der Waals surface area contributed by atoms with Gasteiger partial charge < -0.3 is 20.8 Å². The molecule has 0 atom stereocenters. The molecular weight excluding hydrogens is 781 g/mol. The standard InChI is InChI=1S/2C17H13N3O5S2/c2*21-15(13-3-1-2-4-14(13)16(22)23)19-11-5-7-12(8-6-11)27(24,25)20-17-18-9-10-26-17/h2*1-10H,(H,18,20)(H,19,21)(H,22,23). The SMILES string of the molecule is O=C(O)c1ccccc1C(=O)Nc1ccc(S(=O)(=O)Nc2nccs2)cc1.O=C(O)c1ccccc1C(=O)Nc1ccc(S(=O)(=O)Nc2nccs2)cc1. The number of anilines is 4. The first-order valence-electron chi connectivity index (χ1n) is 15.1. The molecule has 0 bridgehead atoms. The molecule has 0 fully saturated rings. The number of rotatable bonds is 12. The summed E-state index contributed by atoms with van der Waals surface area (Å²) in [6.07, 6.45) is 2.96. The summed E-state index contributed by atoms with van der Waals surface area (Å²) in [5.41, 5.74) is 0.421. The Bertz CT molecular complexity index is 2330. The molecule has 0 saturated heterocycles. The summed E-state index contributed by atoms with van der Waals surface area (Å²) in [6, 6.07) is 22.6. The number of nitrogens with one attached hydrogen (secondary N) is 4. The Hall–Kier alpha value is -6.48. The minimum atomic E-state index is -3.79. The van der Waals surface area contributed by atoms with Crippen molar-refractivity contribution in [3.8, 4) is 0 Å². The number of nitrogens with zero attached hydrogens (tertiary/aromatic N) is 2. The van der Waals surface area contributed by atoms with E-state index in [1.165, 1.54) is 97.3 Å². The number of aromatic nitrogens is 2.